The van der Waals surface area contributed by atoms with Crippen molar-refractivity contribution in [1.29, 1.82) is 0 Å². The summed E-state index contributed by atoms with van der Waals surface area (Å²) >= 11 is 0. The first-order valence-corrected chi connectivity index (χ1v) is 12.1. The Morgan fingerprint density at radius 1 is 1.00 bits per heavy atom. The average Bonchev–Trinajstić information content (AvgIpc) is 3.36. The van der Waals surface area contributed by atoms with Gasteiger partial charge in [-0.25, -0.2) is 9.97 Å². The van der Waals surface area contributed by atoms with Crippen molar-refractivity contribution in [3.63, 3.8) is 0 Å². The van der Waals surface area contributed by atoms with Crippen molar-refractivity contribution in [2.75, 3.05) is 11.9 Å². The van der Waals surface area contributed by atoms with Gasteiger partial charge in [0.1, 0.15) is 29.4 Å². The van der Waals surface area contributed by atoms with Crippen molar-refractivity contribution in [1.82, 2.24) is 25.4 Å². The smallest absolute Gasteiger partial charge is 0.273 e. The number of hydrogen-bond donors (Lipinski definition) is 2. The van der Waals surface area contributed by atoms with Crippen LogP contribution < -0.4 is 15.4 Å². The first kappa shape index (κ1) is 24.6. The highest BCUT2D eigenvalue weighted by atomic mass is 16.5. The molecule has 9 heteroatoms. The van der Waals surface area contributed by atoms with E-state index >= 15 is 0 Å². The van der Waals surface area contributed by atoms with Crippen LogP contribution in [0, 0.1) is 20.8 Å². The number of hydrogen-bond acceptors (Lipinski definition) is 8. The lowest BCUT2D eigenvalue weighted by atomic mass is 10.1. The third-order valence-corrected chi connectivity index (χ3v) is 5.76. The van der Waals surface area contributed by atoms with Crippen LogP contribution in [0.1, 0.15) is 33.1 Å². The fourth-order valence-electron chi connectivity index (χ4n) is 3.81. The van der Waals surface area contributed by atoms with Crippen LogP contribution in [0.5, 0.6) is 11.5 Å². The van der Waals surface area contributed by atoms with E-state index in [9.17, 15) is 4.79 Å². The van der Waals surface area contributed by atoms with Gasteiger partial charge in [0.25, 0.3) is 5.91 Å². The number of aryl methyl sites for hydroxylation is 3. The van der Waals surface area contributed by atoms with Crippen LogP contribution in [0.15, 0.2) is 77.7 Å². The summed E-state index contributed by atoms with van der Waals surface area (Å²) in [6.07, 6.45) is 7.05. The van der Waals surface area contributed by atoms with Gasteiger partial charge in [-0.05, 0) is 74.4 Å². The van der Waals surface area contributed by atoms with E-state index in [1.165, 1.54) is 6.33 Å². The van der Waals surface area contributed by atoms with Gasteiger partial charge in [0.2, 0.25) is 0 Å². The zero-order valence-corrected chi connectivity index (χ0v) is 21.2. The molecule has 5 rings (SSSR count). The van der Waals surface area contributed by atoms with Gasteiger partial charge < -0.3 is 19.9 Å². The minimum atomic E-state index is -0.285. The fraction of sp³-hybridized carbons (Fsp3) is 0.138. The van der Waals surface area contributed by atoms with Gasteiger partial charge in [0.05, 0.1) is 11.7 Å². The molecule has 0 unspecified atom stereocenters. The summed E-state index contributed by atoms with van der Waals surface area (Å²) in [5, 5.41) is 10.8. The number of nitrogens with one attached hydrogen (secondary N) is 2. The van der Waals surface area contributed by atoms with Gasteiger partial charge in [0.15, 0.2) is 5.69 Å². The number of pyridine rings is 1. The summed E-state index contributed by atoms with van der Waals surface area (Å²) in [6, 6.07) is 17.2. The molecular formula is C29H26N6O3. The monoisotopic (exact) mass is 506 g/mol. The summed E-state index contributed by atoms with van der Waals surface area (Å²) in [5.74, 6) is 2.44. The highest BCUT2D eigenvalue weighted by Crippen LogP contribution is 2.30. The molecule has 2 N–H and O–H groups in total. The summed E-state index contributed by atoms with van der Waals surface area (Å²) < 4.78 is 10.9. The highest BCUT2D eigenvalue weighted by Gasteiger charge is 2.10. The number of fused-ring (bicyclic) bond motifs is 1. The number of carbonyl (C=O) groups excluding carboxylic acids is 1. The number of ether oxygens (including phenoxy) is 1. The Morgan fingerprint density at radius 2 is 1.89 bits per heavy atom. The van der Waals surface area contributed by atoms with E-state index in [-0.39, 0.29) is 11.6 Å². The molecule has 38 heavy (non-hydrogen) atoms. The van der Waals surface area contributed by atoms with Gasteiger partial charge >= 0.3 is 0 Å². The SMILES string of the molecule is Cc1ccc(Oc2ccc(Nc3ncnc4ccc(C=CCNC(=O)c5cc(C)on5)cc34)cc2C)cn1. The zero-order chi connectivity index (χ0) is 26.5. The van der Waals surface area contributed by atoms with Crippen LogP contribution in [0.4, 0.5) is 11.5 Å². The predicted octanol–water partition coefficient (Wildman–Crippen LogP) is 5.92. The summed E-state index contributed by atoms with van der Waals surface area (Å²) in [7, 11) is 0. The standard InChI is InChI=1S/C29H26N6O3/c1-18-13-22(8-11-27(18)37-23-9-6-19(2)31-16-23)34-28-24-15-21(7-10-25(24)32-17-33-28)5-4-12-30-29(36)26-14-20(3)38-35-26/h4-11,13-17H,12H2,1-3H3,(H,30,36)(H,32,33,34). The molecule has 2 aromatic carbocycles. The van der Waals surface area contributed by atoms with Gasteiger partial charge in [-0.1, -0.05) is 23.4 Å². The normalized spacial score (nSPS) is 11.1. The van der Waals surface area contributed by atoms with Gasteiger partial charge in [-0.15, -0.1) is 0 Å². The van der Waals surface area contributed by atoms with Gasteiger partial charge in [-0.2, -0.15) is 0 Å². The minimum Gasteiger partial charge on any atom is -0.455 e. The molecule has 0 radical (unpaired) electrons. The minimum absolute atomic E-state index is 0.261. The molecule has 0 fully saturated rings. The van der Waals surface area contributed by atoms with E-state index in [1.807, 2.05) is 74.5 Å². The quantitative estimate of drug-likeness (QED) is 0.267. The summed E-state index contributed by atoms with van der Waals surface area (Å²) in [5.41, 5.74) is 4.82. The average molecular weight is 507 g/mol. The molecule has 0 bridgehead atoms. The molecule has 9 nitrogen and oxygen atoms in total. The van der Waals surface area contributed by atoms with Crippen LogP contribution in [-0.4, -0.2) is 32.6 Å². The topological polar surface area (TPSA) is 115 Å². The molecule has 0 aliphatic carbocycles. The lowest BCUT2D eigenvalue weighted by Crippen LogP contribution is -2.23. The second-order valence-corrected chi connectivity index (χ2v) is 8.78. The maximum Gasteiger partial charge on any atom is 0.273 e. The van der Waals surface area contributed by atoms with Gasteiger partial charge in [-0.3, -0.25) is 9.78 Å². The van der Waals surface area contributed by atoms with E-state index in [1.54, 1.807) is 19.2 Å². The highest BCUT2D eigenvalue weighted by molar-refractivity contribution is 5.93. The van der Waals surface area contributed by atoms with E-state index in [0.29, 0.717) is 23.9 Å². The molecule has 0 saturated heterocycles. The van der Waals surface area contributed by atoms with Crippen LogP contribution >= 0.6 is 0 Å². The molecule has 0 aliphatic heterocycles. The number of aromatic nitrogens is 4. The van der Waals surface area contributed by atoms with E-state index < -0.39 is 0 Å². The number of nitrogens with zero attached hydrogens (tertiary/aromatic N) is 4. The molecule has 3 aromatic heterocycles. The number of carbonyl (C=O) groups is 1. The Bertz CT molecular complexity index is 1630. The van der Waals surface area contributed by atoms with Crippen molar-refractivity contribution in [3.05, 3.63) is 101 Å². The van der Waals surface area contributed by atoms with E-state index in [4.69, 9.17) is 9.26 Å². The third-order valence-electron chi connectivity index (χ3n) is 5.76. The second-order valence-electron chi connectivity index (χ2n) is 8.78. The van der Waals surface area contributed by atoms with Gasteiger partial charge in [0, 0.05) is 29.4 Å². The van der Waals surface area contributed by atoms with Crippen LogP contribution in [0.3, 0.4) is 0 Å². The summed E-state index contributed by atoms with van der Waals surface area (Å²) in [4.78, 5) is 25.2. The molecule has 0 aliphatic rings. The molecule has 0 atom stereocenters. The zero-order valence-electron chi connectivity index (χ0n) is 21.2. The Hall–Kier alpha value is -5.05. The van der Waals surface area contributed by atoms with Crippen LogP contribution in [0.25, 0.3) is 17.0 Å². The molecule has 5 aromatic rings. The van der Waals surface area contributed by atoms with Crippen molar-refractivity contribution >= 4 is 34.4 Å². The fourth-order valence-corrected chi connectivity index (χ4v) is 3.81. The Morgan fingerprint density at radius 3 is 2.66 bits per heavy atom. The molecular weight excluding hydrogens is 480 g/mol. The lowest BCUT2D eigenvalue weighted by Gasteiger charge is -2.12. The lowest BCUT2D eigenvalue weighted by molar-refractivity contribution is 0.0949. The van der Waals surface area contributed by atoms with Crippen LogP contribution in [0.2, 0.25) is 0 Å². The maximum absolute atomic E-state index is 12.1. The Kier molecular flexibility index (Phi) is 7.08. The van der Waals surface area contributed by atoms with Crippen molar-refractivity contribution < 1.29 is 14.1 Å². The summed E-state index contributed by atoms with van der Waals surface area (Å²) in [6.45, 7) is 6.02. The van der Waals surface area contributed by atoms with Crippen molar-refractivity contribution in [2.24, 2.45) is 0 Å². The molecule has 0 saturated carbocycles. The molecule has 0 spiro atoms. The largest absolute Gasteiger partial charge is 0.455 e. The number of anilines is 2. The number of rotatable bonds is 8. The van der Waals surface area contributed by atoms with Crippen molar-refractivity contribution in [3.8, 4) is 11.5 Å². The number of benzene rings is 2. The predicted molar refractivity (Wildman–Crippen MR) is 146 cm³/mol. The first-order chi connectivity index (χ1) is 18.4. The molecule has 1 amide bonds. The Balaban J connectivity index is 1.28. The third kappa shape index (κ3) is 5.84. The van der Waals surface area contributed by atoms with E-state index in [2.05, 4.69) is 30.7 Å². The maximum atomic E-state index is 12.1. The number of amides is 1. The second kappa shape index (κ2) is 10.9. The molecule has 190 valence electrons. The van der Waals surface area contributed by atoms with Crippen LogP contribution in [-0.2, 0) is 0 Å². The molecule has 3 heterocycles. The first-order valence-electron chi connectivity index (χ1n) is 12.1. The van der Waals surface area contributed by atoms with E-state index in [0.717, 1.165) is 39.2 Å². The van der Waals surface area contributed by atoms with Crippen molar-refractivity contribution in [2.45, 2.75) is 20.8 Å². The Labute approximate surface area is 219 Å².